The van der Waals surface area contributed by atoms with Crippen LogP contribution in [-0.4, -0.2) is 6.54 Å². The van der Waals surface area contributed by atoms with Crippen molar-refractivity contribution in [3.63, 3.8) is 0 Å². The Hall–Kier alpha value is -1.28. The lowest BCUT2D eigenvalue weighted by molar-refractivity contribution is 0.300. The fourth-order valence-corrected chi connectivity index (χ4v) is 2.72. The minimum Gasteiger partial charge on any atom is -0.459 e. The number of para-hydroxylation sites is 1. The first kappa shape index (κ1) is 14.1. The average Bonchev–Trinajstić information content (AvgIpc) is 2.87. The third-order valence-corrected chi connectivity index (χ3v) is 3.89. The van der Waals surface area contributed by atoms with Crippen LogP contribution in [0, 0.1) is 5.92 Å². The molecule has 0 bridgehead atoms. The highest BCUT2D eigenvalue weighted by Crippen LogP contribution is 2.31. The van der Waals surface area contributed by atoms with Gasteiger partial charge in [-0.3, -0.25) is 0 Å². The molecular weight excluding hydrogens is 234 g/mol. The number of furan rings is 1. The first-order valence-electron chi connectivity index (χ1n) is 7.52. The number of rotatable bonds is 7. The summed E-state index contributed by atoms with van der Waals surface area (Å²) in [6.45, 7) is 7.77. The Morgan fingerprint density at radius 3 is 2.47 bits per heavy atom. The summed E-state index contributed by atoms with van der Waals surface area (Å²) in [6, 6.07) is 10.8. The quantitative estimate of drug-likeness (QED) is 0.764. The molecule has 0 aliphatic rings. The van der Waals surface area contributed by atoms with E-state index in [9.17, 15) is 0 Å². The number of hydrogen-bond acceptors (Lipinski definition) is 2. The molecule has 1 unspecified atom stereocenters. The Kier molecular flexibility index (Phi) is 5.03. The third-order valence-electron chi connectivity index (χ3n) is 3.89. The molecular formula is C17H25NO. The Bertz CT molecular complexity index is 466. The normalized spacial score (nSPS) is 13.3. The van der Waals surface area contributed by atoms with Gasteiger partial charge in [-0.2, -0.15) is 0 Å². The molecule has 0 aliphatic carbocycles. The smallest absolute Gasteiger partial charge is 0.134 e. The second kappa shape index (κ2) is 6.76. The van der Waals surface area contributed by atoms with Crippen LogP contribution in [0.2, 0.25) is 0 Å². The van der Waals surface area contributed by atoms with E-state index in [-0.39, 0.29) is 0 Å². The minimum absolute atomic E-state index is 0.336. The van der Waals surface area contributed by atoms with Crippen LogP contribution in [0.25, 0.3) is 11.0 Å². The maximum absolute atomic E-state index is 6.05. The lowest BCUT2D eigenvalue weighted by Gasteiger charge is -2.24. The van der Waals surface area contributed by atoms with Gasteiger partial charge in [0.05, 0.1) is 6.04 Å². The van der Waals surface area contributed by atoms with E-state index >= 15 is 0 Å². The Morgan fingerprint density at radius 1 is 1.11 bits per heavy atom. The van der Waals surface area contributed by atoms with Gasteiger partial charge in [0.1, 0.15) is 11.3 Å². The van der Waals surface area contributed by atoms with E-state index in [0.717, 1.165) is 24.3 Å². The van der Waals surface area contributed by atoms with Crippen molar-refractivity contribution in [1.29, 1.82) is 0 Å². The standard InChI is InChI=1S/C17H25NO/c1-4-11-18-17(13(5-2)6-3)16-12-14-9-7-8-10-15(14)19-16/h7-10,12-13,17-18H,4-6,11H2,1-3H3. The molecule has 1 N–H and O–H groups in total. The van der Waals surface area contributed by atoms with Crippen LogP contribution in [0.3, 0.4) is 0 Å². The molecule has 0 aliphatic heterocycles. The van der Waals surface area contributed by atoms with Gasteiger partial charge in [-0.1, -0.05) is 51.8 Å². The van der Waals surface area contributed by atoms with Crippen LogP contribution in [-0.2, 0) is 0 Å². The summed E-state index contributed by atoms with van der Waals surface area (Å²) < 4.78 is 6.05. The number of nitrogens with one attached hydrogen (secondary N) is 1. The summed E-state index contributed by atoms with van der Waals surface area (Å²) in [5.41, 5.74) is 0.992. The molecule has 0 saturated carbocycles. The monoisotopic (exact) mass is 259 g/mol. The molecule has 1 aromatic heterocycles. The average molecular weight is 259 g/mol. The molecule has 1 heterocycles. The molecule has 1 aromatic carbocycles. The van der Waals surface area contributed by atoms with Crippen LogP contribution in [0.1, 0.15) is 51.8 Å². The molecule has 0 fully saturated rings. The Morgan fingerprint density at radius 2 is 1.84 bits per heavy atom. The summed E-state index contributed by atoms with van der Waals surface area (Å²) in [6.07, 6.45) is 3.50. The highest BCUT2D eigenvalue weighted by atomic mass is 16.3. The second-order valence-corrected chi connectivity index (χ2v) is 5.19. The molecule has 2 nitrogen and oxygen atoms in total. The van der Waals surface area contributed by atoms with Crippen molar-refractivity contribution in [3.8, 4) is 0 Å². The first-order valence-corrected chi connectivity index (χ1v) is 7.52. The Balaban J connectivity index is 2.30. The molecule has 104 valence electrons. The van der Waals surface area contributed by atoms with Crippen molar-refractivity contribution < 1.29 is 4.42 Å². The molecule has 0 saturated heterocycles. The zero-order valence-electron chi connectivity index (χ0n) is 12.3. The fraction of sp³-hybridized carbons (Fsp3) is 0.529. The van der Waals surface area contributed by atoms with E-state index in [1.807, 2.05) is 12.1 Å². The summed E-state index contributed by atoms with van der Waals surface area (Å²) in [7, 11) is 0. The van der Waals surface area contributed by atoms with Crippen LogP contribution >= 0.6 is 0 Å². The maximum atomic E-state index is 6.05. The van der Waals surface area contributed by atoms with E-state index in [1.54, 1.807) is 0 Å². The predicted octanol–water partition coefficient (Wildman–Crippen LogP) is 4.91. The van der Waals surface area contributed by atoms with Crippen molar-refractivity contribution in [2.75, 3.05) is 6.54 Å². The van der Waals surface area contributed by atoms with Gasteiger partial charge in [0.2, 0.25) is 0 Å². The van der Waals surface area contributed by atoms with Crippen LogP contribution in [0.15, 0.2) is 34.7 Å². The van der Waals surface area contributed by atoms with Gasteiger partial charge in [-0.15, -0.1) is 0 Å². The molecule has 0 spiro atoms. The predicted molar refractivity (Wildman–Crippen MR) is 81.3 cm³/mol. The largest absolute Gasteiger partial charge is 0.459 e. The van der Waals surface area contributed by atoms with Crippen molar-refractivity contribution >= 4 is 11.0 Å². The molecule has 2 aromatic rings. The highest BCUT2D eigenvalue weighted by molar-refractivity contribution is 5.77. The van der Waals surface area contributed by atoms with Crippen LogP contribution in [0.5, 0.6) is 0 Å². The maximum Gasteiger partial charge on any atom is 0.134 e. The van der Waals surface area contributed by atoms with Gasteiger partial charge in [0, 0.05) is 5.39 Å². The van der Waals surface area contributed by atoms with Gasteiger partial charge in [0.15, 0.2) is 0 Å². The van der Waals surface area contributed by atoms with Crippen molar-refractivity contribution in [3.05, 3.63) is 36.1 Å². The molecule has 19 heavy (non-hydrogen) atoms. The summed E-state index contributed by atoms with van der Waals surface area (Å²) in [4.78, 5) is 0. The molecule has 2 rings (SSSR count). The third kappa shape index (κ3) is 3.19. The van der Waals surface area contributed by atoms with Gasteiger partial charge in [-0.05, 0) is 31.0 Å². The van der Waals surface area contributed by atoms with E-state index in [1.165, 1.54) is 18.2 Å². The zero-order chi connectivity index (χ0) is 13.7. The van der Waals surface area contributed by atoms with Crippen molar-refractivity contribution in [2.45, 2.75) is 46.1 Å². The summed E-state index contributed by atoms with van der Waals surface area (Å²) in [5.74, 6) is 1.72. The SMILES string of the molecule is CCCNC(c1cc2ccccc2o1)C(CC)CC. The molecule has 0 amide bonds. The van der Waals surface area contributed by atoms with E-state index in [2.05, 4.69) is 44.3 Å². The molecule has 0 radical (unpaired) electrons. The van der Waals surface area contributed by atoms with Crippen LogP contribution < -0.4 is 5.32 Å². The van der Waals surface area contributed by atoms with Crippen LogP contribution in [0.4, 0.5) is 0 Å². The fourth-order valence-electron chi connectivity index (χ4n) is 2.72. The topological polar surface area (TPSA) is 25.2 Å². The second-order valence-electron chi connectivity index (χ2n) is 5.19. The lowest BCUT2D eigenvalue weighted by Crippen LogP contribution is -2.28. The van der Waals surface area contributed by atoms with Gasteiger partial charge >= 0.3 is 0 Å². The highest BCUT2D eigenvalue weighted by Gasteiger charge is 2.23. The summed E-state index contributed by atoms with van der Waals surface area (Å²) in [5, 5.41) is 4.86. The van der Waals surface area contributed by atoms with Gasteiger partial charge in [-0.25, -0.2) is 0 Å². The first-order chi connectivity index (χ1) is 9.30. The minimum atomic E-state index is 0.336. The van der Waals surface area contributed by atoms with E-state index in [4.69, 9.17) is 4.42 Å². The molecule has 2 heteroatoms. The van der Waals surface area contributed by atoms with Crippen molar-refractivity contribution in [2.24, 2.45) is 5.92 Å². The zero-order valence-corrected chi connectivity index (χ0v) is 12.3. The molecule has 1 atom stereocenters. The summed E-state index contributed by atoms with van der Waals surface area (Å²) >= 11 is 0. The lowest BCUT2D eigenvalue weighted by atomic mass is 9.92. The number of hydrogen-bond donors (Lipinski definition) is 1. The number of benzene rings is 1. The van der Waals surface area contributed by atoms with E-state index in [0.29, 0.717) is 12.0 Å². The Labute approximate surface area is 116 Å². The van der Waals surface area contributed by atoms with E-state index < -0.39 is 0 Å². The van der Waals surface area contributed by atoms with Gasteiger partial charge < -0.3 is 9.73 Å². The number of fused-ring (bicyclic) bond motifs is 1. The van der Waals surface area contributed by atoms with Crippen molar-refractivity contribution in [1.82, 2.24) is 5.32 Å². The van der Waals surface area contributed by atoms with Gasteiger partial charge in [0.25, 0.3) is 0 Å².